The van der Waals surface area contributed by atoms with Crippen LogP contribution in [0.1, 0.15) is 0 Å². The molecule has 3 nitrogen and oxygen atoms in total. The minimum atomic E-state index is -4.98. The molecule has 1 aromatic rings. The van der Waals surface area contributed by atoms with Gasteiger partial charge in [0.05, 0.1) is 0 Å². The van der Waals surface area contributed by atoms with Crippen molar-refractivity contribution in [2.24, 2.45) is 0 Å². The lowest BCUT2D eigenvalue weighted by molar-refractivity contribution is 0.441. The van der Waals surface area contributed by atoms with E-state index in [0.717, 1.165) is 12.4 Å². The molecule has 1 rings (SSSR count). The zero-order chi connectivity index (χ0) is 9.19. The summed E-state index contributed by atoms with van der Waals surface area (Å²) in [6.07, 6.45) is 0.986. The largest absolute Gasteiger partial charge is 0.497 e. The van der Waals surface area contributed by atoms with Crippen LogP contribution in [0.3, 0.4) is 0 Å². The van der Waals surface area contributed by atoms with Crippen molar-refractivity contribution >= 4 is 6.98 Å². The number of hydrogen-bond acceptors (Lipinski definition) is 2. The van der Waals surface area contributed by atoms with Crippen LogP contribution < -0.4 is 5.69 Å². The highest BCUT2D eigenvalue weighted by molar-refractivity contribution is 6.57. The Bertz CT molecular complexity index is 321. The van der Waals surface area contributed by atoms with E-state index in [1.807, 2.05) is 0 Å². The van der Waals surface area contributed by atoms with E-state index >= 15 is 0 Å². The fourth-order valence-corrected chi connectivity index (χ4v) is 0.749. The van der Waals surface area contributed by atoms with Gasteiger partial charge in [-0.2, -0.15) is 0 Å². The molecule has 1 heterocycles. The second-order valence-corrected chi connectivity index (χ2v) is 2.26. The third-order valence-corrected chi connectivity index (χ3v) is 1.19. The van der Waals surface area contributed by atoms with Crippen molar-refractivity contribution in [2.45, 2.75) is 6.44 Å². The number of hydrogen-bond donors (Lipinski definition) is 0. The summed E-state index contributed by atoms with van der Waals surface area (Å²) in [5.41, 5.74) is -0.878. The summed E-state index contributed by atoms with van der Waals surface area (Å²) >= 11 is 0. The Hall–Kier alpha value is -1.27. The van der Waals surface area contributed by atoms with E-state index in [2.05, 4.69) is 4.98 Å². The van der Waals surface area contributed by atoms with E-state index in [1.54, 1.807) is 0 Å². The van der Waals surface area contributed by atoms with Gasteiger partial charge in [-0.25, -0.2) is 9.78 Å². The van der Waals surface area contributed by atoms with Gasteiger partial charge in [0.15, 0.2) is 0 Å². The molecule has 0 spiro atoms. The van der Waals surface area contributed by atoms with Crippen molar-refractivity contribution in [3.8, 4) is 0 Å². The van der Waals surface area contributed by atoms with Crippen molar-refractivity contribution < 1.29 is 12.9 Å². The van der Waals surface area contributed by atoms with Crippen LogP contribution in [0.2, 0.25) is 0 Å². The first-order chi connectivity index (χ1) is 5.49. The second kappa shape index (κ2) is 3.00. The molecular formula is C5H5BF3N2O-. The Balaban J connectivity index is 2.91. The maximum atomic E-state index is 11.8. The lowest BCUT2D eigenvalue weighted by atomic mass is 9.92. The Labute approximate surface area is 65.9 Å². The van der Waals surface area contributed by atoms with Gasteiger partial charge in [0.25, 0.3) is 0 Å². The lowest BCUT2D eigenvalue weighted by Crippen LogP contribution is -2.32. The Kier molecular flexibility index (Phi) is 2.21. The minimum Gasteiger partial charge on any atom is -0.448 e. The molecule has 12 heavy (non-hydrogen) atoms. The summed E-state index contributed by atoms with van der Waals surface area (Å²) in [5, 5.41) is 0. The van der Waals surface area contributed by atoms with E-state index in [-0.39, 0.29) is 0 Å². The standard InChI is InChI=1S/C5H5BF3N2O/c7-6(8,9)4-11-3-1-2-10-5(11)12/h1-3H,4H2/q-1. The van der Waals surface area contributed by atoms with Gasteiger partial charge in [-0.3, -0.25) is 0 Å². The molecule has 0 aliphatic heterocycles. The summed E-state index contributed by atoms with van der Waals surface area (Å²) < 4.78 is 35.9. The van der Waals surface area contributed by atoms with Crippen LogP contribution in [-0.4, -0.2) is 16.5 Å². The molecule has 0 unspecified atom stereocenters. The number of aromatic nitrogens is 2. The highest BCUT2D eigenvalue weighted by Crippen LogP contribution is 2.09. The molecule has 7 heteroatoms. The highest BCUT2D eigenvalue weighted by atomic mass is 19.4. The van der Waals surface area contributed by atoms with Gasteiger partial charge >= 0.3 is 12.7 Å². The summed E-state index contributed by atoms with van der Waals surface area (Å²) in [5.74, 6) is 0. The molecular weight excluding hydrogens is 172 g/mol. The molecule has 0 saturated carbocycles. The predicted molar refractivity (Wildman–Crippen MR) is 37.6 cm³/mol. The third-order valence-electron chi connectivity index (χ3n) is 1.19. The van der Waals surface area contributed by atoms with Crippen molar-refractivity contribution in [3.05, 3.63) is 28.9 Å². The van der Waals surface area contributed by atoms with E-state index in [1.165, 1.54) is 6.07 Å². The smallest absolute Gasteiger partial charge is 0.448 e. The van der Waals surface area contributed by atoms with Gasteiger partial charge < -0.3 is 17.5 Å². The van der Waals surface area contributed by atoms with Gasteiger partial charge in [0.2, 0.25) is 0 Å². The topological polar surface area (TPSA) is 34.9 Å². The molecule has 0 aromatic carbocycles. The molecule has 0 radical (unpaired) electrons. The molecule has 1 aromatic heterocycles. The average molecular weight is 177 g/mol. The molecule has 0 N–H and O–H groups in total. The molecule has 0 fully saturated rings. The monoisotopic (exact) mass is 177 g/mol. The van der Waals surface area contributed by atoms with Gasteiger partial charge in [0, 0.05) is 12.4 Å². The van der Waals surface area contributed by atoms with E-state index in [0.29, 0.717) is 4.57 Å². The van der Waals surface area contributed by atoms with E-state index < -0.39 is 19.1 Å². The summed E-state index contributed by atoms with van der Waals surface area (Å²) in [4.78, 5) is 13.8. The first kappa shape index (κ1) is 8.83. The Morgan fingerprint density at radius 2 is 2.17 bits per heavy atom. The van der Waals surface area contributed by atoms with Crippen LogP contribution in [-0.2, 0) is 6.44 Å². The molecule has 0 bridgehead atoms. The molecule has 0 aliphatic carbocycles. The SMILES string of the molecule is O=c1ncccn1C[B-](F)(F)F. The molecule has 0 amide bonds. The van der Waals surface area contributed by atoms with Gasteiger partial charge in [0.1, 0.15) is 0 Å². The first-order valence-electron chi connectivity index (χ1n) is 3.21. The fraction of sp³-hybridized carbons (Fsp3) is 0.200. The van der Waals surface area contributed by atoms with E-state index in [9.17, 15) is 17.7 Å². The Morgan fingerprint density at radius 3 is 2.67 bits per heavy atom. The average Bonchev–Trinajstić information content (AvgIpc) is 1.91. The molecule has 0 atom stereocenters. The first-order valence-corrected chi connectivity index (χ1v) is 3.21. The molecule has 0 aliphatic rings. The summed E-state index contributed by atoms with van der Waals surface area (Å²) in [7, 11) is 0. The summed E-state index contributed by atoms with van der Waals surface area (Å²) in [6, 6.07) is 1.28. The normalized spacial score (nSPS) is 11.6. The molecule has 66 valence electrons. The van der Waals surface area contributed by atoms with Crippen LogP contribution in [0.5, 0.6) is 0 Å². The maximum Gasteiger partial charge on any atom is 0.497 e. The van der Waals surface area contributed by atoms with E-state index in [4.69, 9.17) is 0 Å². The van der Waals surface area contributed by atoms with Crippen molar-refractivity contribution in [3.63, 3.8) is 0 Å². The Morgan fingerprint density at radius 1 is 1.50 bits per heavy atom. The third kappa shape index (κ3) is 2.41. The quantitative estimate of drug-likeness (QED) is 0.620. The maximum absolute atomic E-state index is 11.8. The van der Waals surface area contributed by atoms with Gasteiger partial charge in [-0.15, -0.1) is 0 Å². The predicted octanol–water partition coefficient (Wildman–Crippen LogP) is 0.630. The van der Waals surface area contributed by atoms with Crippen LogP contribution in [0.15, 0.2) is 23.3 Å². The van der Waals surface area contributed by atoms with Crippen LogP contribution >= 0.6 is 0 Å². The fourth-order valence-electron chi connectivity index (χ4n) is 0.749. The zero-order valence-electron chi connectivity index (χ0n) is 5.95. The number of halogens is 3. The second-order valence-electron chi connectivity index (χ2n) is 2.26. The zero-order valence-corrected chi connectivity index (χ0v) is 5.95. The van der Waals surface area contributed by atoms with Crippen LogP contribution in [0.25, 0.3) is 0 Å². The summed E-state index contributed by atoms with van der Waals surface area (Å²) in [6.45, 7) is -4.98. The van der Waals surface area contributed by atoms with Gasteiger partial charge in [-0.05, 0) is 12.5 Å². The van der Waals surface area contributed by atoms with Crippen molar-refractivity contribution in [1.29, 1.82) is 0 Å². The van der Waals surface area contributed by atoms with Crippen molar-refractivity contribution in [2.75, 3.05) is 0 Å². The number of nitrogens with zero attached hydrogens (tertiary/aromatic N) is 2. The van der Waals surface area contributed by atoms with Crippen LogP contribution in [0, 0.1) is 0 Å². The lowest BCUT2D eigenvalue weighted by Gasteiger charge is -2.14. The van der Waals surface area contributed by atoms with Crippen molar-refractivity contribution in [1.82, 2.24) is 9.55 Å². The molecule has 0 saturated heterocycles. The van der Waals surface area contributed by atoms with Gasteiger partial charge in [-0.1, -0.05) is 0 Å². The highest BCUT2D eigenvalue weighted by Gasteiger charge is 2.23. The minimum absolute atomic E-state index is 0.528. The van der Waals surface area contributed by atoms with Crippen LogP contribution in [0.4, 0.5) is 12.9 Å². The number of rotatable bonds is 2.